The zero-order chi connectivity index (χ0) is 10.9. The van der Waals surface area contributed by atoms with E-state index in [0.717, 1.165) is 6.42 Å². The van der Waals surface area contributed by atoms with Crippen LogP contribution in [0.1, 0.15) is 45.1 Å². The van der Waals surface area contributed by atoms with Crippen LogP contribution in [0.2, 0.25) is 0 Å². The van der Waals surface area contributed by atoms with Gasteiger partial charge in [0.15, 0.2) is 0 Å². The summed E-state index contributed by atoms with van der Waals surface area (Å²) in [5, 5.41) is 0. The molecule has 0 bridgehead atoms. The van der Waals surface area contributed by atoms with Crippen LogP contribution in [0.4, 0.5) is 0 Å². The highest BCUT2D eigenvalue weighted by molar-refractivity contribution is 5.18. The summed E-state index contributed by atoms with van der Waals surface area (Å²) in [7, 11) is 0. The van der Waals surface area contributed by atoms with Crippen LogP contribution in [-0.4, -0.2) is 0 Å². The Kier molecular flexibility index (Phi) is 5.84. The van der Waals surface area contributed by atoms with Gasteiger partial charge in [-0.3, -0.25) is 0 Å². The Balaban J connectivity index is 2.31. The first-order valence-electron chi connectivity index (χ1n) is 6.02. The van der Waals surface area contributed by atoms with Gasteiger partial charge in [-0.05, 0) is 31.7 Å². The van der Waals surface area contributed by atoms with Gasteiger partial charge in [-0.15, -0.1) is 0 Å². The summed E-state index contributed by atoms with van der Waals surface area (Å²) in [5.41, 5.74) is 2.94. The molecule has 0 heteroatoms. The summed E-state index contributed by atoms with van der Waals surface area (Å²) >= 11 is 0. The SMILES string of the molecule is CCCCC/C(C)=C\Cc1ccccc1. The van der Waals surface area contributed by atoms with Gasteiger partial charge in [0.2, 0.25) is 0 Å². The van der Waals surface area contributed by atoms with E-state index < -0.39 is 0 Å². The van der Waals surface area contributed by atoms with Crippen LogP contribution in [-0.2, 0) is 6.42 Å². The predicted molar refractivity (Wildman–Crippen MR) is 68.0 cm³/mol. The third kappa shape index (κ3) is 5.41. The molecular formula is C15H22. The maximum atomic E-state index is 2.37. The maximum Gasteiger partial charge on any atom is -0.00949 e. The summed E-state index contributed by atoms with van der Waals surface area (Å²) in [6.45, 7) is 4.50. The molecule has 0 heterocycles. The van der Waals surface area contributed by atoms with Gasteiger partial charge in [0.25, 0.3) is 0 Å². The van der Waals surface area contributed by atoms with E-state index in [2.05, 4.69) is 50.3 Å². The Labute approximate surface area is 94.0 Å². The lowest BCUT2D eigenvalue weighted by atomic mass is 10.1. The van der Waals surface area contributed by atoms with Gasteiger partial charge in [0.05, 0.1) is 0 Å². The lowest BCUT2D eigenvalue weighted by Gasteiger charge is -2.01. The fraction of sp³-hybridized carbons (Fsp3) is 0.467. The van der Waals surface area contributed by atoms with E-state index in [1.165, 1.54) is 36.8 Å². The number of benzene rings is 1. The standard InChI is InChI=1S/C15H22/c1-3-4-6-9-14(2)12-13-15-10-7-5-8-11-15/h5,7-8,10-12H,3-4,6,9,13H2,1-2H3/b14-12-. The highest BCUT2D eigenvalue weighted by atomic mass is 14.0. The molecule has 1 rings (SSSR count). The van der Waals surface area contributed by atoms with Gasteiger partial charge in [0.1, 0.15) is 0 Å². The van der Waals surface area contributed by atoms with E-state index in [-0.39, 0.29) is 0 Å². The molecular weight excluding hydrogens is 180 g/mol. The Morgan fingerprint density at radius 3 is 2.53 bits per heavy atom. The smallest absolute Gasteiger partial charge is 0.00949 e. The molecule has 0 radical (unpaired) electrons. The van der Waals surface area contributed by atoms with Crippen molar-refractivity contribution in [3.05, 3.63) is 47.5 Å². The molecule has 82 valence electrons. The largest absolute Gasteiger partial charge is 0.0812 e. The molecule has 1 aromatic rings. The second-order valence-corrected chi connectivity index (χ2v) is 4.20. The molecule has 1 aromatic carbocycles. The van der Waals surface area contributed by atoms with Crippen LogP contribution >= 0.6 is 0 Å². The van der Waals surface area contributed by atoms with Crippen LogP contribution in [0.25, 0.3) is 0 Å². The molecule has 0 fully saturated rings. The molecule has 0 aliphatic carbocycles. The first-order chi connectivity index (χ1) is 7.33. The maximum absolute atomic E-state index is 2.37. The fourth-order valence-electron chi connectivity index (χ4n) is 1.66. The van der Waals surface area contributed by atoms with Crippen molar-refractivity contribution in [3.8, 4) is 0 Å². The van der Waals surface area contributed by atoms with E-state index in [1.54, 1.807) is 0 Å². The number of unbranched alkanes of at least 4 members (excludes halogenated alkanes) is 2. The van der Waals surface area contributed by atoms with Gasteiger partial charge in [-0.1, -0.05) is 61.7 Å². The van der Waals surface area contributed by atoms with Crippen molar-refractivity contribution >= 4 is 0 Å². The summed E-state index contributed by atoms with van der Waals surface area (Å²) < 4.78 is 0. The topological polar surface area (TPSA) is 0 Å². The van der Waals surface area contributed by atoms with Gasteiger partial charge in [0, 0.05) is 0 Å². The Bertz CT molecular complexity index is 282. The lowest BCUT2D eigenvalue weighted by Crippen LogP contribution is -1.83. The van der Waals surface area contributed by atoms with E-state index in [9.17, 15) is 0 Å². The van der Waals surface area contributed by atoms with Crippen molar-refractivity contribution in [1.82, 2.24) is 0 Å². The quantitative estimate of drug-likeness (QED) is 0.461. The van der Waals surface area contributed by atoms with Crippen LogP contribution in [0, 0.1) is 0 Å². The first-order valence-corrected chi connectivity index (χ1v) is 6.02. The summed E-state index contributed by atoms with van der Waals surface area (Å²) in [5.74, 6) is 0. The average Bonchev–Trinajstić information content (AvgIpc) is 2.28. The van der Waals surface area contributed by atoms with Crippen molar-refractivity contribution in [2.24, 2.45) is 0 Å². The highest BCUT2D eigenvalue weighted by Gasteiger charge is 1.91. The molecule has 0 saturated carbocycles. The second kappa shape index (κ2) is 7.28. The third-order valence-electron chi connectivity index (χ3n) is 2.70. The molecule has 0 nitrogen and oxygen atoms in total. The molecule has 15 heavy (non-hydrogen) atoms. The molecule has 0 aliphatic rings. The monoisotopic (exact) mass is 202 g/mol. The zero-order valence-corrected chi connectivity index (χ0v) is 10.00. The van der Waals surface area contributed by atoms with Crippen molar-refractivity contribution < 1.29 is 0 Å². The molecule has 0 amide bonds. The van der Waals surface area contributed by atoms with Crippen LogP contribution in [0.15, 0.2) is 42.0 Å². The first kappa shape index (κ1) is 12.0. The van der Waals surface area contributed by atoms with Crippen LogP contribution in [0.3, 0.4) is 0 Å². The molecule has 0 aromatic heterocycles. The van der Waals surface area contributed by atoms with Crippen molar-refractivity contribution in [2.75, 3.05) is 0 Å². The Hall–Kier alpha value is -1.04. The minimum absolute atomic E-state index is 1.08. The normalized spacial score (nSPS) is 11.7. The third-order valence-corrected chi connectivity index (χ3v) is 2.70. The average molecular weight is 202 g/mol. The second-order valence-electron chi connectivity index (χ2n) is 4.20. The number of allylic oxidation sites excluding steroid dienone is 2. The van der Waals surface area contributed by atoms with Crippen molar-refractivity contribution in [2.45, 2.75) is 46.0 Å². The minimum Gasteiger partial charge on any atom is -0.0812 e. The summed E-state index contributed by atoms with van der Waals surface area (Å²) in [4.78, 5) is 0. The molecule has 0 spiro atoms. The van der Waals surface area contributed by atoms with E-state index in [0.29, 0.717) is 0 Å². The van der Waals surface area contributed by atoms with Crippen molar-refractivity contribution in [1.29, 1.82) is 0 Å². The Morgan fingerprint density at radius 2 is 1.87 bits per heavy atom. The molecule has 0 atom stereocenters. The molecule has 0 aliphatic heterocycles. The van der Waals surface area contributed by atoms with Gasteiger partial charge in [-0.25, -0.2) is 0 Å². The Morgan fingerprint density at radius 1 is 1.13 bits per heavy atom. The van der Waals surface area contributed by atoms with E-state index in [4.69, 9.17) is 0 Å². The van der Waals surface area contributed by atoms with Crippen LogP contribution in [0.5, 0.6) is 0 Å². The minimum atomic E-state index is 1.08. The van der Waals surface area contributed by atoms with Crippen molar-refractivity contribution in [3.63, 3.8) is 0 Å². The van der Waals surface area contributed by atoms with Gasteiger partial charge in [-0.2, -0.15) is 0 Å². The molecule has 0 unspecified atom stereocenters. The van der Waals surface area contributed by atoms with E-state index >= 15 is 0 Å². The number of rotatable bonds is 6. The molecule has 0 saturated heterocycles. The molecule has 0 N–H and O–H groups in total. The summed E-state index contributed by atoms with van der Waals surface area (Å²) in [6.07, 6.45) is 8.72. The number of hydrogen-bond donors (Lipinski definition) is 0. The highest BCUT2D eigenvalue weighted by Crippen LogP contribution is 2.10. The number of hydrogen-bond acceptors (Lipinski definition) is 0. The fourth-order valence-corrected chi connectivity index (χ4v) is 1.66. The summed E-state index contributed by atoms with van der Waals surface area (Å²) in [6, 6.07) is 10.7. The van der Waals surface area contributed by atoms with E-state index in [1.807, 2.05) is 0 Å². The van der Waals surface area contributed by atoms with Gasteiger partial charge < -0.3 is 0 Å². The van der Waals surface area contributed by atoms with Gasteiger partial charge >= 0.3 is 0 Å². The predicted octanol–water partition coefficient (Wildman–Crippen LogP) is 4.76. The lowest BCUT2D eigenvalue weighted by molar-refractivity contribution is 0.712. The van der Waals surface area contributed by atoms with Crippen LogP contribution < -0.4 is 0 Å². The zero-order valence-electron chi connectivity index (χ0n) is 10.00.